The van der Waals surface area contributed by atoms with E-state index in [1.54, 1.807) is 6.20 Å². The molecule has 0 amide bonds. The number of aliphatic carboxylic acids is 1. The molecule has 2 atom stereocenters. The number of carbonyl (C=O) groups is 1. The van der Waals surface area contributed by atoms with Crippen molar-refractivity contribution >= 4 is 5.97 Å². The predicted molar refractivity (Wildman–Crippen MR) is 46.4 cm³/mol. The number of aryl methyl sites for hydroxylation is 1. The van der Waals surface area contributed by atoms with Gasteiger partial charge in [0.05, 0.1) is 5.92 Å². The number of rotatable bonds is 3. The van der Waals surface area contributed by atoms with Gasteiger partial charge in [0.15, 0.2) is 0 Å². The maximum Gasteiger partial charge on any atom is 0.307 e. The summed E-state index contributed by atoms with van der Waals surface area (Å²) in [4.78, 5) is 10.6. The van der Waals surface area contributed by atoms with E-state index in [9.17, 15) is 4.79 Å². The molecule has 0 spiro atoms. The molecule has 0 unspecified atom stereocenters. The number of hydrogen-bond acceptors (Lipinski definition) is 2. The Morgan fingerprint density at radius 1 is 1.85 bits per heavy atom. The number of carboxylic acid groups (broad SMARTS) is 1. The molecule has 4 heteroatoms. The van der Waals surface area contributed by atoms with Crippen LogP contribution in [0.5, 0.6) is 0 Å². The van der Waals surface area contributed by atoms with Crippen molar-refractivity contribution in [2.75, 3.05) is 0 Å². The lowest BCUT2D eigenvalue weighted by Gasteiger charge is -2.01. The minimum atomic E-state index is -0.686. The van der Waals surface area contributed by atoms with Crippen molar-refractivity contribution in [1.82, 2.24) is 9.78 Å². The first-order chi connectivity index (χ1) is 6.24. The lowest BCUT2D eigenvalue weighted by molar-refractivity contribution is -0.138. The van der Waals surface area contributed by atoms with E-state index in [0.29, 0.717) is 0 Å². The molecule has 0 aromatic carbocycles. The van der Waals surface area contributed by atoms with Gasteiger partial charge in [0, 0.05) is 24.4 Å². The van der Waals surface area contributed by atoms with E-state index in [-0.39, 0.29) is 11.8 Å². The summed E-state index contributed by atoms with van der Waals surface area (Å²) >= 11 is 0. The van der Waals surface area contributed by atoms with Gasteiger partial charge in [-0.25, -0.2) is 0 Å². The van der Waals surface area contributed by atoms with Crippen molar-refractivity contribution in [3.05, 3.63) is 18.0 Å². The second kappa shape index (κ2) is 2.87. The van der Waals surface area contributed by atoms with Gasteiger partial charge in [-0.2, -0.15) is 5.10 Å². The predicted octanol–water partition coefficient (Wildman–Crippen LogP) is 1.09. The Morgan fingerprint density at radius 2 is 2.62 bits per heavy atom. The summed E-state index contributed by atoms with van der Waals surface area (Å²) < 4.78 is 1.87. The quantitative estimate of drug-likeness (QED) is 0.757. The van der Waals surface area contributed by atoms with E-state index in [0.717, 1.165) is 18.7 Å². The van der Waals surface area contributed by atoms with E-state index in [2.05, 4.69) is 5.10 Å². The fourth-order valence-corrected chi connectivity index (χ4v) is 1.72. The minimum absolute atomic E-state index is 0.179. The van der Waals surface area contributed by atoms with Crippen LogP contribution in [0.1, 0.15) is 25.0 Å². The molecule has 1 fully saturated rings. The SMILES string of the molecule is CCn1nccc1[C@@H]1C[C@H]1C(=O)O. The lowest BCUT2D eigenvalue weighted by Crippen LogP contribution is -2.04. The van der Waals surface area contributed by atoms with E-state index < -0.39 is 5.97 Å². The highest BCUT2D eigenvalue weighted by Gasteiger charge is 2.45. The van der Waals surface area contributed by atoms with Crippen LogP contribution >= 0.6 is 0 Å². The normalized spacial score (nSPS) is 25.9. The molecule has 1 N–H and O–H groups in total. The van der Waals surface area contributed by atoms with Crippen LogP contribution in [0.4, 0.5) is 0 Å². The average molecular weight is 180 g/mol. The molecule has 13 heavy (non-hydrogen) atoms. The Balaban J connectivity index is 2.15. The second-order valence-corrected chi connectivity index (χ2v) is 3.36. The highest BCUT2D eigenvalue weighted by Crippen LogP contribution is 2.47. The molecule has 0 saturated heterocycles. The van der Waals surface area contributed by atoms with E-state index in [4.69, 9.17) is 5.11 Å². The van der Waals surface area contributed by atoms with Crippen LogP contribution < -0.4 is 0 Å². The summed E-state index contributed by atoms with van der Waals surface area (Å²) in [7, 11) is 0. The first-order valence-corrected chi connectivity index (χ1v) is 4.48. The molecule has 4 nitrogen and oxygen atoms in total. The van der Waals surface area contributed by atoms with Gasteiger partial charge in [0.25, 0.3) is 0 Å². The third kappa shape index (κ3) is 1.32. The highest BCUT2D eigenvalue weighted by molar-refractivity contribution is 5.75. The van der Waals surface area contributed by atoms with Gasteiger partial charge in [0.1, 0.15) is 0 Å². The summed E-state index contributed by atoms with van der Waals surface area (Å²) in [6, 6.07) is 1.91. The highest BCUT2D eigenvalue weighted by atomic mass is 16.4. The van der Waals surface area contributed by atoms with Gasteiger partial charge < -0.3 is 5.11 Å². The van der Waals surface area contributed by atoms with Gasteiger partial charge in [0.2, 0.25) is 0 Å². The maximum absolute atomic E-state index is 10.6. The van der Waals surface area contributed by atoms with Crippen LogP contribution in [0.3, 0.4) is 0 Å². The molecule has 1 heterocycles. The maximum atomic E-state index is 10.6. The van der Waals surface area contributed by atoms with Crippen LogP contribution in [0, 0.1) is 5.92 Å². The topological polar surface area (TPSA) is 55.1 Å². The zero-order valence-corrected chi connectivity index (χ0v) is 7.47. The average Bonchev–Trinajstić information content (AvgIpc) is 2.77. The van der Waals surface area contributed by atoms with Crippen LogP contribution in [-0.4, -0.2) is 20.9 Å². The smallest absolute Gasteiger partial charge is 0.307 e. The van der Waals surface area contributed by atoms with Crippen LogP contribution in [0.15, 0.2) is 12.3 Å². The summed E-state index contributed by atoms with van der Waals surface area (Å²) in [5.41, 5.74) is 1.06. The zero-order chi connectivity index (χ0) is 9.42. The molecule has 1 aliphatic carbocycles. The minimum Gasteiger partial charge on any atom is -0.481 e. The van der Waals surface area contributed by atoms with E-state index >= 15 is 0 Å². The lowest BCUT2D eigenvalue weighted by atomic mass is 10.2. The Bertz CT molecular complexity index is 332. The molecule has 1 aliphatic rings. The fraction of sp³-hybridized carbons (Fsp3) is 0.556. The molecule has 1 aromatic heterocycles. The monoisotopic (exact) mass is 180 g/mol. The van der Waals surface area contributed by atoms with Gasteiger partial charge in [-0.05, 0) is 19.4 Å². The van der Waals surface area contributed by atoms with Crippen LogP contribution in [-0.2, 0) is 11.3 Å². The van der Waals surface area contributed by atoms with Gasteiger partial charge in [-0.3, -0.25) is 9.48 Å². The van der Waals surface area contributed by atoms with Crippen molar-refractivity contribution < 1.29 is 9.90 Å². The van der Waals surface area contributed by atoms with E-state index in [1.165, 1.54) is 0 Å². The number of aromatic nitrogens is 2. The molecule has 0 aliphatic heterocycles. The molecule has 2 rings (SSSR count). The van der Waals surface area contributed by atoms with Crippen molar-refractivity contribution in [3.8, 4) is 0 Å². The number of nitrogens with zero attached hydrogens (tertiary/aromatic N) is 2. The summed E-state index contributed by atoms with van der Waals surface area (Å²) in [5.74, 6) is -0.671. The Labute approximate surface area is 76.2 Å². The first kappa shape index (κ1) is 8.29. The zero-order valence-electron chi connectivity index (χ0n) is 7.47. The van der Waals surface area contributed by atoms with Crippen molar-refractivity contribution in [1.29, 1.82) is 0 Å². The van der Waals surface area contributed by atoms with Crippen molar-refractivity contribution in [2.45, 2.75) is 25.8 Å². The third-order valence-corrected chi connectivity index (χ3v) is 2.54. The standard InChI is InChI=1S/C9H12N2O2/c1-2-11-8(3-4-10-11)6-5-7(6)9(12)13/h3-4,6-7H,2,5H2,1H3,(H,12,13)/t6-,7-/m1/s1. The second-order valence-electron chi connectivity index (χ2n) is 3.36. The Hall–Kier alpha value is -1.32. The largest absolute Gasteiger partial charge is 0.481 e. The number of hydrogen-bond donors (Lipinski definition) is 1. The van der Waals surface area contributed by atoms with Crippen LogP contribution in [0.25, 0.3) is 0 Å². The molecule has 0 radical (unpaired) electrons. The van der Waals surface area contributed by atoms with Gasteiger partial charge in [-0.1, -0.05) is 0 Å². The molecule has 70 valence electrons. The Kier molecular flexibility index (Phi) is 1.83. The molecule has 0 bridgehead atoms. The Morgan fingerprint density at radius 3 is 3.15 bits per heavy atom. The number of carboxylic acids is 1. The van der Waals surface area contributed by atoms with Gasteiger partial charge >= 0.3 is 5.97 Å². The fourth-order valence-electron chi connectivity index (χ4n) is 1.72. The van der Waals surface area contributed by atoms with Gasteiger partial charge in [-0.15, -0.1) is 0 Å². The molecule has 1 saturated carbocycles. The summed E-state index contributed by atoms with van der Waals surface area (Å²) in [6.45, 7) is 2.82. The first-order valence-electron chi connectivity index (χ1n) is 4.48. The summed E-state index contributed by atoms with van der Waals surface area (Å²) in [5, 5.41) is 12.9. The molecule has 1 aromatic rings. The molecular formula is C9H12N2O2. The molecular weight excluding hydrogens is 168 g/mol. The van der Waals surface area contributed by atoms with E-state index in [1.807, 2.05) is 17.7 Å². The van der Waals surface area contributed by atoms with Crippen molar-refractivity contribution in [3.63, 3.8) is 0 Å². The summed E-state index contributed by atoms with van der Waals surface area (Å²) in [6.07, 6.45) is 2.50. The van der Waals surface area contributed by atoms with Crippen molar-refractivity contribution in [2.24, 2.45) is 5.92 Å². The van der Waals surface area contributed by atoms with Crippen LogP contribution in [0.2, 0.25) is 0 Å². The third-order valence-electron chi connectivity index (χ3n) is 2.54.